The molecule has 0 aromatic heterocycles. The number of esters is 1. The molecule has 1 N–H and O–H groups in total. The van der Waals surface area contributed by atoms with Crippen LogP contribution < -0.4 is 5.32 Å². The highest BCUT2D eigenvalue weighted by Crippen LogP contribution is 2.40. The van der Waals surface area contributed by atoms with E-state index < -0.39 is 0 Å². The lowest BCUT2D eigenvalue weighted by Crippen LogP contribution is -2.31. The van der Waals surface area contributed by atoms with Crippen LogP contribution >= 0.6 is 0 Å². The molecule has 0 aliphatic heterocycles. The van der Waals surface area contributed by atoms with E-state index in [1.165, 1.54) is 40.1 Å². The predicted octanol–water partition coefficient (Wildman–Crippen LogP) is 6.98. The SMILES string of the molecule is COC(=O)c1cc(C)cc(C2CC(CN[C@H](C)c3cccc4ccccc34)Cc3ccccc32)c1. The molecule has 0 amide bonds. The first-order valence-corrected chi connectivity index (χ1v) is 12.5. The summed E-state index contributed by atoms with van der Waals surface area (Å²) in [6, 6.07) is 30.4. The molecule has 3 heteroatoms. The number of carbonyl (C=O) groups excluding carboxylic acids is 1. The molecule has 0 saturated carbocycles. The van der Waals surface area contributed by atoms with E-state index >= 15 is 0 Å². The van der Waals surface area contributed by atoms with Crippen LogP contribution in [0.5, 0.6) is 0 Å². The van der Waals surface area contributed by atoms with Gasteiger partial charge in [0.05, 0.1) is 12.7 Å². The number of benzene rings is 4. The Kier molecular flexibility index (Phi) is 6.70. The summed E-state index contributed by atoms with van der Waals surface area (Å²) >= 11 is 0. The molecule has 3 nitrogen and oxygen atoms in total. The van der Waals surface area contributed by atoms with Crippen LogP contribution in [0.4, 0.5) is 0 Å². The monoisotopic (exact) mass is 463 g/mol. The molecule has 3 atom stereocenters. The second-order valence-corrected chi connectivity index (χ2v) is 9.88. The second kappa shape index (κ2) is 10.1. The Balaban J connectivity index is 1.39. The van der Waals surface area contributed by atoms with Crippen molar-refractivity contribution in [1.82, 2.24) is 5.32 Å². The topological polar surface area (TPSA) is 38.3 Å². The number of rotatable bonds is 6. The number of carbonyl (C=O) groups is 1. The van der Waals surface area contributed by atoms with Crippen molar-refractivity contribution in [2.75, 3.05) is 13.7 Å². The summed E-state index contributed by atoms with van der Waals surface area (Å²) in [5, 5.41) is 6.44. The van der Waals surface area contributed by atoms with Crippen LogP contribution in [0.25, 0.3) is 10.8 Å². The van der Waals surface area contributed by atoms with Gasteiger partial charge in [0, 0.05) is 12.0 Å². The first kappa shape index (κ1) is 23.3. The summed E-state index contributed by atoms with van der Waals surface area (Å²) in [5.41, 5.74) is 7.05. The zero-order valence-electron chi connectivity index (χ0n) is 20.8. The van der Waals surface area contributed by atoms with Crippen LogP contribution in [-0.2, 0) is 11.2 Å². The molecule has 0 radical (unpaired) electrons. The first-order chi connectivity index (χ1) is 17.0. The molecule has 0 saturated heterocycles. The minimum atomic E-state index is -0.277. The van der Waals surface area contributed by atoms with Gasteiger partial charge in [0.1, 0.15) is 0 Å². The van der Waals surface area contributed by atoms with Crippen molar-refractivity contribution in [2.24, 2.45) is 5.92 Å². The fraction of sp³-hybridized carbons (Fsp3) is 0.281. The van der Waals surface area contributed by atoms with Gasteiger partial charge >= 0.3 is 5.97 Å². The molecule has 2 unspecified atom stereocenters. The van der Waals surface area contributed by atoms with Gasteiger partial charge in [-0.1, -0.05) is 72.8 Å². The van der Waals surface area contributed by atoms with Gasteiger partial charge < -0.3 is 10.1 Å². The van der Waals surface area contributed by atoms with Gasteiger partial charge in [-0.15, -0.1) is 0 Å². The van der Waals surface area contributed by atoms with Gasteiger partial charge in [-0.3, -0.25) is 0 Å². The van der Waals surface area contributed by atoms with Gasteiger partial charge in [0.25, 0.3) is 0 Å². The van der Waals surface area contributed by atoms with Crippen molar-refractivity contribution < 1.29 is 9.53 Å². The zero-order chi connectivity index (χ0) is 24.4. The Morgan fingerprint density at radius 3 is 2.63 bits per heavy atom. The van der Waals surface area contributed by atoms with Crippen LogP contribution in [0.3, 0.4) is 0 Å². The van der Waals surface area contributed by atoms with Gasteiger partial charge in [-0.2, -0.15) is 0 Å². The maximum Gasteiger partial charge on any atom is 0.337 e. The lowest BCUT2D eigenvalue weighted by Gasteiger charge is -2.33. The Labute approximate surface area is 208 Å². The van der Waals surface area contributed by atoms with Crippen LogP contribution in [-0.4, -0.2) is 19.6 Å². The Bertz CT molecular complexity index is 1350. The molecule has 5 rings (SSSR count). The van der Waals surface area contributed by atoms with E-state index in [2.05, 4.69) is 92.0 Å². The quantitative estimate of drug-likeness (QED) is 0.314. The maximum absolute atomic E-state index is 12.3. The van der Waals surface area contributed by atoms with Gasteiger partial charge in [-0.05, 0) is 89.9 Å². The molecule has 4 aromatic carbocycles. The van der Waals surface area contributed by atoms with Crippen molar-refractivity contribution in [3.05, 3.63) is 118 Å². The van der Waals surface area contributed by atoms with Crippen molar-refractivity contribution in [3.8, 4) is 0 Å². The van der Waals surface area contributed by atoms with Gasteiger partial charge in [0.2, 0.25) is 0 Å². The molecule has 4 aromatic rings. The van der Waals surface area contributed by atoms with Crippen LogP contribution in [0.15, 0.2) is 84.9 Å². The molecule has 1 aliphatic carbocycles. The lowest BCUT2D eigenvalue weighted by atomic mass is 9.73. The molecule has 0 heterocycles. The highest BCUT2D eigenvalue weighted by Gasteiger charge is 2.29. The molecule has 0 spiro atoms. The highest BCUT2D eigenvalue weighted by atomic mass is 16.5. The number of hydrogen-bond donors (Lipinski definition) is 1. The van der Waals surface area contributed by atoms with Crippen LogP contribution in [0, 0.1) is 12.8 Å². The number of hydrogen-bond acceptors (Lipinski definition) is 3. The highest BCUT2D eigenvalue weighted by molar-refractivity contribution is 5.90. The van der Waals surface area contributed by atoms with Crippen molar-refractivity contribution in [3.63, 3.8) is 0 Å². The van der Waals surface area contributed by atoms with Crippen molar-refractivity contribution >= 4 is 16.7 Å². The normalized spacial score (nSPS) is 18.1. The van der Waals surface area contributed by atoms with E-state index in [1.54, 1.807) is 0 Å². The second-order valence-electron chi connectivity index (χ2n) is 9.88. The first-order valence-electron chi connectivity index (χ1n) is 12.5. The molecule has 1 aliphatic rings. The lowest BCUT2D eigenvalue weighted by molar-refractivity contribution is 0.0600. The summed E-state index contributed by atoms with van der Waals surface area (Å²) in [4.78, 5) is 12.3. The number of fused-ring (bicyclic) bond motifs is 2. The van der Waals surface area contributed by atoms with E-state index in [0.29, 0.717) is 11.5 Å². The Morgan fingerprint density at radius 2 is 1.77 bits per heavy atom. The summed E-state index contributed by atoms with van der Waals surface area (Å²) < 4.78 is 5.01. The minimum absolute atomic E-state index is 0.265. The minimum Gasteiger partial charge on any atom is -0.465 e. The van der Waals surface area contributed by atoms with Gasteiger partial charge in [0.15, 0.2) is 0 Å². The smallest absolute Gasteiger partial charge is 0.337 e. The summed E-state index contributed by atoms with van der Waals surface area (Å²) in [6.07, 6.45) is 2.12. The van der Waals surface area contributed by atoms with Crippen molar-refractivity contribution in [1.29, 1.82) is 0 Å². The molecular formula is C32H33NO2. The largest absolute Gasteiger partial charge is 0.465 e. The van der Waals surface area contributed by atoms with E-state index in [4.69, 9.17) is 4.74 Å². The summed E-state index contributed by atoms with van der Waals surface area (Å²) in [5.74, 6) is 0.499. The van der Waals surface area contributed by atoms with Crippen LogP contribution in [0.1, 0.15) is 63.5 Å². The van der Waals surface area contributed by atoms with E-state index in [0.717, 1.165) is 24.9 Å². The average Bonchev–Trinajstić information content (AvgIpc) is 2.90. The summed E-state index contributed by atoms with van der Waals surface area (Å²) in [7, 11) is 1.44. The van der Waals surface area contributed by atoms with E-state index in [9.17, 15) is 4.79 Å². The zero-order valence-corrected chi connectivity index (χ0v) is 20.8. The number of aryl methyl sites for hydroxylation is 1. The maximum atomic E-state index is 12.3. The third kappa shape index (κ3) is 4.87. The third-order valence-corrected chi connectivity index (χ3v) is 7.43. The molecule has 178 valence electrons. The third-order valence-electron chi connectivity index (χ3n) is 7.43. The van der Waals surface area contributed by atoms with E-state index in [-0.39, 0.29) is 17.9 Å². The average molecular weight is 464 g/mol. The molecule has 0 bridgehead atoms. The fourth-order valence-electron chi connectivity index (χ4n) is 5.72. The molecule has 35 heavy (non-hydrogen) atoms. The fourth-order valence-corrected chi connectivity index (χ4v) is 5.72. The molecular weight excluding hydrogens is 430 g/mol. The van der Waals surface area contributed by atoms with Gasteiger partial charge in [-0.25, -0.2) is 4.79 Å². The number of ether oxygens (including phenoxy) is 1. The number of methoxy groups -OCH3 is 1. The Hall–Kier alpha value is -3.43. The number of nitrogens with one attached hydrogen (secondary N) is 1. The standard InChI is InChI=1S/C32H33NO2/c1-21-15-26(19-27(16-21)32(34)35-3)31-18-23(17-25-10-5-7-13-30(25)31)20-33-22(2)28-14-8-11-24-9-4-6-12-29(24)28/h4-16,19,22-23,31,33H,17-18,20H2,1-3H3/t22-,23?,31?/m1/s1. The molecule has 0 fully saturated rings. The van der Waals surface area contributed by atoms with E-state index in [1.807, 2.05) is 12.1 Å². The predicted molar refractivity (Wildman–Crippen MR) is 143 cm³/mol. The summed E-state index contributed by atoms with van der Waals surface area (Å²) in [6.45, 7) is 5.26. The van der Waals surface area contributed by atoms with Crippen LogP contribution in [0.2, 0.25) is 0 Å². The Morgan fingerprint density at radius 1 is 1.00 bits per heavy atom. The van der Waals surface area contributed by atoms with Crippen molar-refractivity contribution in [2.45, 2.75) is 38.6 Å².